The zero-order valence-electron chi connectivity index (χ0n) is 20.3. The summed E-state index contributed by atoms with van der Waals surface area (Å²) in [4.78, 5) is 18.9. The second-order valence-corrected chi connectivity index (χ2v) is 9.38. The molecule has 1 aromatic carbocycles. The van der Waals surface area contributed by atoms with Crippen LogP contribution in [0.4, 0.5) is 14.6 Å². The normalized spacial score (nSPS) is 13.5. The van der Waals surface area contributed by atoms with Crippen molar-refractivity contribution in [1.82, 2.24) is 24.5 Å². The molecule has 37 heavy (non-hydrogen) atoms. The van der Waals surface area contributed by atoms with E-state index in [1.54, 1.807) is 29.4 Å². The van der Waals surface area contributed by atoms with Crippen LogP contribution in [0.3, 0.4) is 0 Å². The summed E-state index contributed by atoms with van der Waals surface area (Å²) in [6, 6.07) is 12.7. The highest BCUT2D eigenvalue weighted by Crippen LogP contribution is 2.34. The molecule has 0 atom stereocenters. The molecule has 4 heterocycles. The number of pyridine rings is 1. The minimum absolute atomic E-state index is 0.00102. The molecule has 3 aromatic heterocycles. The second kappa shape index (κ2) is 10.3. The maximum Gasteiger partial charge on any atom is 0.272 e. The first-order valence-corrected chi connectivity index (χ1v) is 12.3. The van der Waals surface area contributed by atoms with Crippen molar-refractivity contribution in [1.29, 1.82) is 0 Å². The number of ether oxygens (including phenoxy) is 1. The minimum atomic E-state index is -2.58. The van der Waals surface area contributed by atoms with Gasteiger partial charge in [-0.05, 0) is 31.5 Å². The maximum absolute atomic E-state index is 12.9. The average molecular weight is 527 g/mol. The van der Waals surface area contributed by atoms with Crippen LogP contribution >= 0.6 is 11.6 Å². The molecule has 11 heteroatoms. The number of carbonyl (C=O) groups is 1. The van der Waals surface area contributed by atoms with Gasteiger partial charge in [-0.15, -0.1) is 0 Å². The van der Waals surface area contributed by atoms with Crippen LogP contribution in [0, 0.1) is 0 Å². The van der Waals surface area contributed by atoms with Gasteiger partial charge in [0, 0.05) is 30.3 Å². The van der Waals surface area contributed by atoms with Gasteiger partial charge in [0.15, 0.2) is 0 Å². The van der Waals surface area contributed by atoms with Crippen LogP contribution in [0.2, 0.25) is 5.02 Å². The number of hydrogen-bond donors (Lipinski definition) is 0. The monoisotopic (exact) mass is 526 g/mol. The predicted octanol–water partition coefficient (Wildman–Crippen LogP) is 5.62. The Hall–Kier alpha value is -3.79. The molecule has 4 aromatic rings. The Kier molecular flexibility index (Phi) is 6.92. The van der Waals surface area contributed by atoms with Gasteiger partial charge in [0.1, 0.15) is 35.3 Å². The average Bonchev–Trinajstić information content (AvgIpc) is 3.48. The van der Waals surface area contributed by atoms with Crippen LogP contribution in [0.1, 0.15) is 31.9 Å². The molecule has 0 unspecified atom stereocenters. The third-order valence-corrected chi connectivity index (χ3v) is 6.34. The number of amides is 1. The van der Waals surface area contributed by atoms with Crippen molar-refractivity contribution in [3.8, 4) is 28.4 Å². The minimum Gasteiger partial charge on any atom is -0.485 e. The van der Waals surface area contributed by atoms with E-state index in [0.29, 0.717) is 41.7 Å². The Labute approximate surface area is 217 Å². The van der Waals surface area contributed by atoms with Gasteiger partial charge >= 0.3 is 0 Å². The van der Waals surface area contributed by atoms with Crippen LogP contribution in [0.25, 0.3) is 22.6 Å². The molecule has 0 bridgehead atoms. The fraction of sp³-hybridized carbons (Fsp3) is 0.308. The summed E-state index contributed by atoms with van der Waals surface area (Å²) < 4.78 is 34.1. The lowest BCUT2D eigenvalue weighted by Crippen LogP contribution is -2.36. The number of aromatic nitrogens is 5. The van der Waals surface area contributed by atoms with Crippen LogP contribution in [0.5, 0.6) is 5.75 Å². The van der Waals surface area contributed by atoms with Gasteiger partial charge in [0.25, 0.3) is 6.43 Å². The SMILES string of the molecule is CC(C)n1ncc(Cl)c1-c1cc2n(n1)CCC(=O)N2Cc1ccc(-c2ncccc2OCC(F)F)cc1. The Morgan fingerprint density at radius 2 is 1.95 bits per heavy atom. The lowest BCUT2D eigenvalue weighted by Gasteiger charge is -2.27. The third kappa shape index (κ3) is 5.06. The van der Waals surface area contributed by atoms with Crippen LogP contribution < -0.4 is 9.64 Å². The van der Waals surface area contributed by atoms with Gasteiger partial charge in [-0.2, -0.15) is 10.2 Å². The van der Waals surface area contributed by atoms with Crippen LogP contribution in [0.15, 0.2) is 54.9 Å². The van der Waals surface area contributed by atoms with Gasteiger partial charge < -0.3 is 4.74 Å². The fourth-order valence-electron chi connectivity index (χ4n) is 4.34. The summed E-state index contributed by atoms with van der Waals surface area (Å²) in [5.74, 6) is 0.978. The van der Waals surface area contributed by atoms with E-state index in [9.17, 15) is 13.6 Å². The molecule has 0 aliphatic carbocycles. The zero-order valence-corrected chi connectivity index (χ0v) is 21.1. The number of nitrogens with zero attached hydrogens (tertiary/aromatic N) is 6. The summed E-state index contributed by atoms with van der Waals surface area (Å²) >= 11 is 6.43. The van der Waals surface area contributed by atoms with E-state index < -0.39 is 13.0 Å². The summed E-state index contributed by atoms with van der Waals surface area (Å²) in [5.41, 5.74) is 3.47. The fourth-order valence-corrected chi connectivity index (χ4v) is 4.56. The van der Waals surface area contributed by atoms with Crippen molar-refractivity contribution < 1.29 is 18.3 Å². The topological polar surface area (TPSA) is 78.1 Å². The number of alkyl halides is 2. The number of halogens is 3. The van der Waals surface area contributed by atoms with Crippen LogP contribution in [-0.4, -0.2) is 43.5 Å². The molecule has 1 aliphatic rings. The molecule has 1 aliphatic heterocycles. The largest absolute Gasteiger partial charge is 0.485 e. The first-order chi connectivity index (χ1) is 17.8. The molecule has 0 saturated heterocycles. The molecule has 192 valence electrons. The molecule has 0 radical (unpaired) electrons. The Morgan fingerprint density at radius 3 is 2.68 bits per heavy atom. The highest BCUT2D eigenvalue weighted by molar-refractivity contribution is 6.33. The van der Waals surface area contributed by atoms with Crippen molar-refractivity contribution >= 4 is 23.3 Å². The number of rotatable bonds is 8. The standard InChI is InChI=1S/C26H25ClF2N6O2/c1-16(2)35-26(19(27)13-31-35)20-12-23-33(24(36)9-11-34(23)32-20)14-17-5-7-18(8-6-17)25-21(4-3-10-30-25)37-15-22(28)29/h3-8,10,12-13,16,22H,9,11,14-15H2,1-2H3. The van der Waals surface area contributed by atoms with Crippen molar-refractivity contribution in [2.45, 2.75) is 45.8 Å². The number of hydrogen-bond acceptors (Lipinski definition) is 5. The second-order valence-electron chi connectivity index (χ2n) is 8.97. The Morgan fingerprint density at radius 1 is 1.16 bits per heavy atom. The molecule has 8 nitrogen and oxygen atoms in total. The van der Waals surface area contributed by atoms with Gasteiger partial charge in [-0.3, -0.25) is 19.4 Å². The van der Waals surface area contributed by atoms with E-state index in [2.05, 4.69) is 10.1 Å². The molecular formula is C26H25ClF2N6O2. The third-order valence-electron chi connectivity index (χ3n) is 6.06. The van der Waals surface area contributed by atoms with Gasteiger partial charge in [0.2, 0.25) is 5.91 Å². The first-order valence-electron chi connectivity index (χ1n) is 11.9. The quantitative estimate of drug-likeness (QED) is 0.297. The van der Waals surface area contributed by atoms with Crippen molar-refractivity contribution in [3.63, 3.8) is 0 Å². The van der Waals surface area contributed by atoms with E-state index in [1.807, 2.05) is 53.5 Å². The number of benzene rings is 1. The molecule has 0 fully saturated rings. The highest BCUT2D eigenvalue weighted by atomic mass is 35.5. The lowest BCUT2D eigenvalue weighted by atomic mass is 10.1. The van der Waals surface area contributed by atoms with Gasteiger partial charge in [0.05, 0.1) is 24.3 Å². The number of carbonyl (C=O) groups excluding carboxylic acids is 1. The molecule has 0 spiro atoms. The molecule has 5 rings (SSSR count). The number of aryl methyl sites for hydroxylation is 1. The zero-order chi connectivity index (χ0) is 26.1. The Balaban J connectivity index is 1.40. The van der Waals surface area contributed by atoms with E-state index in [1.165, 1.54) is 0 Å². The predicted molar refractivity (Wildman–Crippen MR) is 136 cm³/mol. The van der Waals surface area contributed by atoms with E-state index in [-0.39, 0.29) is 17.7 Å². The van der Waals surface area contributed by atoms with E-state index in [4.69, 9.17) is 21.4 Å². The summed E-state index contributed by atoms with van der Waals surface area (Å²) in [5, 5.41) is 9.59. The highest BCUT2D eigenvalue weighted by Gasteiger charge is 2.28. The molecule has 0 N–H and O–H groups in total. The summed E-state index contributed by atoms with van der Waals surface area (Å²) in [6.07, 6.45) is 0.947. The summed E-state index contributed by atoms with van der Waals surface area (Å²) in [6.45, 7) is 4.16. The molecular weight excluding hydrogens is 502 g/mol. The van der Waals surface area contributed by atoms with Crippen molar-refractivity contribution in [2.75, 3.05) is 11.5 Å². The number of fused-ring (bicyclic) bond motifs is 1. The lowest BCUT2D eigenvalue weighted by molar-refractivity contribution is -0.119. The van der Waals surface area contributed by atoms with Gasteiger partial charge in [-0.25, -0.2) is 13.5 Å². The van der Waals surface area contributed by atoms with Crippen molar-refractivity contribution in [3.05, 3.63) is 65.4 Å². The summed E-state index contributed by atoms with van der Waals surface area (Å²) in [7, 11) is 0. The van der Waals surface area contributed by atoms with E-state index in [0.717, 1.165) is 16.8 Å². The van der Waals surface area contributed by atoms with Crippen LogP contribution in [-0.2, 0) is 17.9 Å². The van der Waals surface area contributed by atoms with Gasteiger partial charge in [-0.1, -0.05) is 35.9 Å². The Bertz CT molecular complexity index is 1420. The maximum atomic E-state index is 12.9. The number of anilines is 1. The smallest absolute Gasteiger partial charge is 0.272 e. The van der Waals surface area contributed by atoms with Crippen molar-refractivity contribution in [2.24, 2.45) is 0 Å². The van der Waals surface area contributed by atoms with E-state index >= 15 is 0 Å². The first kappa shape index (κ1) is 24.9. The molecule has 1 amide bonds. The molecule has 0 saturated carbocycles.